The molecule has 1 aromatic rings. The molecule has 0 radical (unpaired) electrons. The molecule has 0 amide bonds. The maximum absolute atomic E-state index is 9.24. The van der Waals surface area contributed by atoms with Gasteiger partial charge in [0, 0.05) is 0 Å². The molecule has 0 atom stereocenters. The van der Waals surface area contributed by atoms with E-state index < -0.39 is 0 Å². The summed E-state index contributed by atoms with van der Waals surface area (Å²) in [6.45, 7) is 5.63. The molecule has 0 bridgehead atoms. The molecule has 1 rings (SSSR count). The molecule has 0 unspecified atom stereocenters. The monoisotopic (exact) mass is 204 g/mol. The van der Waals surface area contributed by atoms with Crippen molar-refractivity contribution < 1.29 is 9.84 Å². The first-order valence-electron chi connectivity index (χ1n) is 4.80. The van der Waals surface area contributed by atoms with Crippen LogP contribution in [0.1, 0.15) is 11.1 Å². The first kappa shape index (κ1) is 11.5. The molecule has 0 saturated heterocycles. The minimum atomic E-state index is 0.0000274. The molecule has 0 aliphatic rings. The van der Waals surface area contributed by atoms with Crippen LogP contribution in [0.5, 0.6) is 5.75 Å². The summed E-state index contributed by atoms with van der Waals surface area (Å²) in [5, 5.41) is 9.24. The molecular formula is C13H16O2. The van der Waals surface area contributed by atoms with E-state index in [1.165, 1.54) is 0 Å². The Hall–Kier alpha value is -1.54. The van der Waals surface area contributed by atoms with E-state index in [0.29, 0.717) is 0 Å². The average Bonchev–Trinajstić information content (AvgIpc) is 2.27. The lowest BCUT2D eigenvalue weighted by Gasteiger charge is -2.09. The predicted molar refractivity (Wildman–Crippen MR) is 63.0 cm³/mol. The van der Waals surface area contributed by atoms with Gasteiger partial charge in [-0.3, -0.25) is 0 Å². The second kappa shape index (κ2) is 5.37. The first-order chi connectivity index (χ1) is 7.22. The van der Waals surface area contributed by atoms with Gasteiger partial charge >= 0.3 is 0 Å². The van der Waals surface area contributed by atoms with Crippen LogP contribution in [0.2, 0.25) is 0 Å². The number of aliphatic hydroxyl groups is 1. The zero-order valence-corrected chi connectivity index (χ0v) is 9.16. The Kier molecular flexibility index (Phi) is 4.13. The molecule has 2 heteroatoms. The summed E-state index contributed by atoms with van der Waals surface area (Å²) >= 11 is 0. The van der Waals surface area contributed by atoms with Crippen molar-refractivity contribution in [2.75, 3.05) is 13.7 Å². The van der Waals surface area contributed by atoms with E-state index in [0.717, 1.165) is 22.4 Å². The fourth-order valence-corrected chi connectivity index (χ4v) is 1.44. The number of hydrogen-bond acceptors (Lipinski definition) is 2. The summed E-state index contributed by atoms with van der Waals surface area (Å²) in [6.07, 6.45) is 3.48. The van der Waals surface area contributed by atoms with Crippen molar-refractivity contribution in [2.45, 2.75) is 6.92 Å². The zero-order valence-electron chi connectivity index (χ0n) is 9.16. The molecule has 0 aliphatic heterocycles. The third-order valence-corrected chi connectivity index (χ3v) is 2.28. The van der Waals surface area contributed by atoms with Gasteiger partial charge in [-0.2, -0.15) is 0 Å². The summed E-state index contributed by atoms with van der Waals surface area (Å²) in [4.78, 5) is 0. The van der Waals surface area contributed by atoms with Crippen LogP contribution >= 0.6 is 0 Å². The Labute approximate surface area is 90.5 Å². The predicted octanol–water partition coefficient (Wildman–Crippen LogP) is 2.57. The third kappa shape index (κ3) is 2.70. The minimum absolute atomic E-state index is 0.0000274. The number of aliphatic hydroxyl groups excluding tert-OH is 1. The lowest BCUT2D eigenvalue weighted by molar-refractivity contribution is 0.350. The number of aryl methyl sites for hydroxylation is 1. The quantitative estimate of drug-likeness (QED) is 0.764. The molecule has 0 aliphatic carbocycles. The summed E-state index contributed by atoms with van der Waals surface area (Å²) < 4.78 is 5.15. The van der Waals surface area contributed by atoms with Gasteiger partial charge < -0.3 is 9.84 Å². The van der Waals surface area contributed by atoms with E-state index >= 15 is 0 Å². The van der Waals surface area contributed by atoms with Gasteiger partial charge in [-0.15, -0.1) is 0 Å². The van der Waals surface area contributed by atoms with Crippen LogP contribution in [-0.4, -0.2) is 18.8 Å². The number of rotatable bonds is 4. The van der Waals surface area contributed by atoms with Crippen molar-refractivity contribution in [1.29, 1.82) is 0 Å². The van der Waals surface area contributed by atoms with Crippen molar-refractivity contribution in [3.8, 4) is 5.75 Å². The van der Waals surface area contributed by atoms with Crippen LogP contribution < -0.4 is 4.74 Å². The standard InChI is InChI=1S/C13H16O2/c1-4-5-11(9-14)13-8-12(15-3)7-6-10(13)2/h4-8,14H,1,9H2,2-3H3/b11-5-. The molecule has 0 saturated carbocycles. The van der Waals surface area contributed by atoms with Gasteiger partial charge in [0.05, 0.1) is 13.7 Å². The smallest absolute Gasteiger partial charge is 0.119 e. The normalized spacial score (nSPS) is 11.3. The number of ether oxygens (including phenoxy) is 1. The molecule has 80 valence electrons. The molecule has 0 heterocycles. The highest BCUT2D eigenvalue weighted by Gasteiger charge is 2.04. The van der Waals surface area contributed by atoms with E-state index in [4.69, 9.17) is 4.74 Å². The van der Waals surface area contributed by atoms with Gasteiger partial charge in [0.25, 0.3) is 0 Å². The highest BCUT2D eigenvalue weighted by atomic mass is 16.5. The average molecular weight is 204 g/mol. The van der Waals surface area contributed by atoms with E-state index in [1.54, 1.807) is 13.2 Å². The zero-order chi connectivity index (χ0) is 11.3. The van der Waals surface area contributed by atoms with Gasteiger partial charge in [0.1, 0.15) is 5.75 Å². The molecular weight excluding hydrogens is 188 g/mol. The fraction of sp³-hybridized carbons (Fsp3) is 0.231. The van der Waals surface area contributed by atoms with Gasteiger partial charge in [-0.05, 0) is 35.8 Å². The SMILES string of the molecule is C=C/C=C(/CO)c1cc(OC)ccc1C. The Balaban J connectivity index is 3.21. The Morgan fingerprint density at radius 1 is 1.53 bits per heavy atom. The molecule has 2 nitrogen and oxygen atoms in total. The highest BCUT2D eigenvalue weighted by Crippen LogP contribution is 2.23. The highest BCUT2D eigenvalue weighted by molar-refractivity contribution is 5.71. The second-order valence-corrected chi connectivity index (χ2v) is 3.27. The van der Waals surface area contributed by atoms with Crippen LogP contribution in [0.3, 0.4) is 0 Å². The maximum Gasteiger partial charge on any atom is 0.119 e. The van der Waals surface area contributed by atoms with Crippen LogP contribution in [0.15, 0.2) is 36.9 Å². The van der Waals surface area contributed by atoms with Crippen LogP contribution in [0.25, 0.3) is 5.57 Å². The topological polar surface area (TPSA) is 29.5 Å². The number of benzene rings is 1. The molecule has 1 aromatic carbocycles. The Morgan fingerprint density at radius 3 is 2.80 bits per heavy atom. The lowest BCUT2D eigenvalue weighted by atomic mass is 10.0. The van der Waals surface area contributed by atoms with Crippen LogP contribution in [0, 0.1) is 6.92 Å². The van der Waals surface area contributed by atoms with E-state index in [9.17, 15) is 5.11 Å². The number of methoxy groups -OCH3 is 1. The van der Waals surface area contributed by atoms with E-state index in [-0.39, 0.29) is 6.61 Å². The third-order valence-electron chi connectivity index (χ3n) is 2.28. The van der Waals surface area contributed by atoms with Crippen molar-refractivity contribution in [1.82, 2.24) is 0 Å². The van der Waals surface area contributed by atoms with Crippen LogP contribution in [0.4, 0.5) is 0 Å². The molecule has 0 aromatic heterocycles. The lowest BCUT2D eigenvalue weighted by Crippen LogP contribution is -1.95. The molecule has 0 fully saturated rings. The van der Waals surface area contributed by atoms with Gasteiger partial charge in [0.2, 0.25) is 0 Å². The maximum atomic E-state index is 9.24. The Morgan fingerprint density at radius 2 is 2.27 bits per heavy atom. The summed E-state index contributed by atoms with van der Waals surface area (Å²) in [5.74, 6) is 0.791. The first-order valence-corrected chi connectivity index (χ1v) is 4.80. The Bertz CT molecular complexity index is 378. The molecule has 15 heavy (non-hydrogen) atoms. The van der Waals surface area contributed by atoms with Crippen molar-refractivity contribution in [3.63, 3.8) is 0 Å². The number of hydrogen-bond donors (Lipinski definition) is 1. The number of allylic oxidation sites excluding steroid dienone is 2. The minimum Gasteiger partial charge on any atom is -0.497 e. The van der Waals surface area contributed by atoms with Crippen molar-refractivity contribution in [2.24, 2.45) is 0 Å². The van der Waals surface area contributed by atoms with Crippen molar-refractivity contribution in [3.05, 3.63) is 48.1 Å². The van der Waals surface area contributed by atoms with Gasteiger partial charge in [-0.1, -0.05) is 24.8 Å². The molecule has 0 spiro atoms. The van der Waals surface area contributed by atoms with Crippen LogP contribution in [-0.2, 0) is 0 Å². The molecule has 1 N–H and O–H groups in total. The largest absolute Gasteiger partial charge is 0.497 e. The van der Waals surface area contributed by atoms with Crippen molar-refractivity contribution >= 4 is 5.57 Å². The second-order valence-electron chi connectivity index (χ2n) is 3.27. The summed E-state index contributed by atoms with van der Waals surface area (Å²) in [6, 6.07) is 5.80. The summed E-state index contributed by atoms with van der Waals surface area (Å²) in [7, 11) is 1.63. The fourth-order valence-electron chi connectivity index (χ4n) is 1.44. The van der Waals surface area contributed by atoms with E-state index in [2.05, 4.69) is 6.58 Å². The summed E-state index contributed by atoms with van der Waals surface area (Å²) in [5.41, 5.74) is 2.95. The van der Waals surface area contributed by atoms with Gasteiger partial charge in [0.15, 0.2) is 0 Å². The van der Waals surface area contributed by atoms with E-state index in [1.807, 2.05) is 31.2 Å². The van der Waals surface area contributed by atoms with Gasteiger partial charge in [-0.25, -0.2) is 0 Å².